The van der Waals surface area contributed by atoms with Crippen LogP contribution in [0, 0.1) is 5.82 Å². The first-order chi connectivity index (χ1) is 10.9. The highest BCUT2D eigenvalue weighted by Gasteiger charge is 2.19. The predicted octanol–water partition coefficient (Wildman–Crippen LogP) is 4.57. The van der Waals surface area contributed by atoms with E-state index < -0.39 is 5.54 Å². The van der Waals surface area contributed by atoms with E-state index in [0.29, 0.717) is 6.42 Å². The molecule has 0 aliphatic heterocycles. The van der Waals surface area contributed by atoms with Crippen molar-refractivity contribution < 1.29 is 9.18 Å². The van der Waals surface area contributed by atoms with E-state index in [9.17, 15) is 9.18 Å². The Kier molecular flexibility index (Phi) is 5.99. The molecule has 0 unspecified atom stereocenters. The summed E-state index contributed by atoms with van der Waals surface area (Å²) >= 11 is 1.50. The molecule has 0 spiro atoms. The van der Waals surface area contributed by atoms with Crippen molar-refractivity contribution in [2.45, 2.75) is 30.7 Å². The van der Waals surface area contributed by atoms with Crippen LogP contribution >= 0.6 is 11.8 Å². The standard InChI is InChI=1S/C19H20FNOS/c1-19(2,14-15-8-10-16(20)11-9-15)21-18(22)12-13-23-17-6-4-3-5-7-17/h3-13H,14H2,1-2H3,(H,21,22)/b13-12+. The van der Waals surface area contributed by atoms with Gasteiger partial charge in [-0.1, -0.05) is 42.1 Å². The van der Waals surface area contributed by atoms with Crippen molar-refractivity contribution in [2.75, 3.05) is 0 Å². The van der Waals surface area contributed by atoms with Crippen molar-refractivity contribution in [3.63, 3.8) is 0 Å². The third-order valence-electron chi connectivity index (χ3n) is 3.19. The minimum atomic E-state index is -0.406. The van der Waals surface area contributed by atoms with E-state index in [1.165, 1.54) is 30.0 Å². The number of rotatable bonds is 6. The maximum Gasteiger partial charge on any atom is 0.244 e. The number of thioether (sulfide) groups is 1. The number of carbonyl (C=O) groups excluding carboxylic acids is 1. The van der Waals surface area contributed by atoms with Crippen LogP contribution in [0.25, 0.3) is 0 Å². The molecule has 0 fully saturated rings. The van der Waals surface area contributed by atoms with Crippen molar-refractivity contribution in [3.8, 4) is 0 Å². The topological polar surface area (TPSA) is 29.1 Å². The number of halogens is 1. The van der Waals surface area contributed by atoms with Gasteiger partial charge in [-0.3, -0.25) is 4.79 Å². The molecule has 0 aliphatic rings. The Morgan fingerprint density at radius 3 is 2.43 bits per heavy atom. The van der Waals surface area contributed by atoms with Gasteiger partial charge in [0, 0.05) is 16.5 Å². The van der Waals surface area contributed by atoms with E-state index in [4.69, 9.17) is 0 Å². The third kappa shape index (κ3) is 6.28. The fraction of sp³-hybridized carbons (Fsp3) is 0.211. The van der Waals surface area contributed by atoms with Gasteiger partial charge in [0.1, 0.15) is 5.82 Å². The second kappa shape index (κ2) is 7.97. The maximum absolute atomic E-state index is 12.9. The number of benzene rings is 2. The first-order valence-electron chi connectivity index (χ1n) is 7.39. The molecule has 2 nitrogen and oxygen atoms in total. The van der Waals surface area contributed by atoms with Crippen LogP contribution in [0.15, 0.2) is 71.0 Å². The van der Waals surface area contributed by atoms with E-state index >= 15 is 0 Å². The zero-order chi connectivity index (χ0) is 16.7. The van der Waals surface area contributed by atoms with E-state index in [1.807, 2.05) is 44.2 Å². The molecule has 4 heteroatoms. The Bertz CT molecular complexity index is 666. The highest BCUT2D eigenvalue weighted by atomic mass is 32.2. The summed E-state index contributed by atoms with van der Waals surface area (Å²) < 4.78 is 12.9. The minimum Gasteiger partial charge on any atom is -0.347 e. The Balaban J connectivity index is 1.86. The second-order valence-electron chi connectivity index (χ2n) is 5.91. The lowest BCUT2D eigenvalue weighted by Gasteiger charge is -2.25. The number of hydrogen-bond acceptors (Lipinski definition) is 2. The molecule has 2 aromatic rings. The number of carbonyl (C=O) groups is 1. The van der Waals surface area contributed by atoms with Crippen molar-refractivity contribution in [2.24, 2.45) is 0 Å². The number of amides is 1. The fourth-order valence-electron chi connectivity index (χ4n) is 2.21. The largest absolute Gasteiger partial charge is 0.347 e. The monoisotopic (exact) mass is 329 g/mol. The van der Waals surface area contributed by atoms with Gasteiger partial charge in [-0.05, 0) is 55.5 Å². The van der Waals surface area contributed by atoms with E-state index in [1.54, 1.807) is 17.5 Å². The smallest absolute Gasteiger partial charge is 0.244 e. The lowest BCUT2D eigenvalue weighted by atomic mass is 9.95. The highest BCUT2D eigenvalue weighted by Crippen LogP contribution is 2.18. The highest BCUT2D eigenvalue weighted by molar-refractivity contribution is 8.02. The van der Waals surface area contributed by atoms with Crippen molar-refractivity contribution in [3.05, 3.63) is 77.5 Å². The van der Waals surface area contributed by atoms with Gasteiger partial charge in [-0.15, -0.1) is 0 Å². The Labute approximate surface area is 140 Å². The van der Waals surface area contributed by atoms with Crippen LogP contribution in [0.4, 0.5) is 4.39 Å². The second-order valence-corrected chi connectivity index (χ2v) is 6.89. The van der Waals surface area contributed by atoms with Gasteiger partial charge in [-0.25, -0.2) is 4.39 Å². The van der Waals surface area contributed by atoms with Crippen LogP contribution in [0.3, 0.4) is 0 Å². The lowest BCUT2D eigenvalue weighted by molar-refractivity contribution is -0.118. The minimum absolute atomic E-state index is 0.138. The maximum atomic E-state index is 12.9. The molecular formula is C19H20FNOS. The van der Waals surface area contributed by atoms with Gasteiger partial charge >= 0.3 is 0 Å². The van der Waals surface area contributed by atoms with Crippen LogP contribution in [0.2, 0.25) is 0 Å². The van der Waals surface area contributed by atoms with Gasteiger partial charge in [-0.2, -0.15) is 0 Å². The molecule has 0 heterocycles. The van der Waals surface area contributed by atoms with Crippen LogP contribution in [-0.2, 0) is 11.2 Å². The lowest BCUT2D eigenvalue weighted by Crippen LogP contribution is -2.44. The summed E-state index contributed by atoms with van der Waals surface area (Å²) in [6.45, 7) is 3.90. The number of nitrogens with one attached hydrogen (secondary N) is 1. The van der Waals surface area contributed by atoms with Gasteiger partial charge in [0.15, 0.2) is 0 Å². The molecule has 1 amide bonds. The van der Waals surface area contributed by atoms with Crippen LogP contribution in [-0.4, -0.2) is 11.4 Å². The van der Waals surface area contributed by atoms with E-state index in [0.717, 1.165) is 10.5 Å². The quantitative estimate of drug-likeness (QED) is 0.621. The summed E-state index contributed by atoms with van der Waals surface area (Å²) in [6, 6.07) is 16.2. The normalized spacial score (nSPS) is 11.6. The first kappa shape index (κ1) is 17.3. The SMILES string of the molecule is CC(C)(Cc1ccc(F)cc1)NC(=O)/C=C/Sc1ccccc1. The summed E-state index contributed by atoms with van der Waals surface area (Å²) in [4.78, 5) is 13.1. The first-order valence-corrected chi connectivity index (χ1v) is 8.27. The molecule has 0 bridgehead atoms. The van der Waals surface area contributed by atoms with Gasteiger partial charge in [0.05, 0.1) is 0 Å². The van der Waals surface area contributed by atoms with E-state index in [-0.39, 0.29) is 11.7 Å². The predicted molar refractivity (Wildman–Crippen MR) is 93.8 cm³/mol. The van der Waals surface area contributed by atoms with Crippen molar-refractivity contribution >= 4 is 17.7 Å². The molecule has 0 saturated carbocycles. The molecule has 0 aromatic heterocycles. The molecule has 2 aromatic carbocycles. The summed E-state index contributed by atoms with van der Waals surface area (Å²) in [5.41, 5.74) is 0.579. The van der Waals surface area contributed by atoms with Crippen LogP contribution < -0.4 is 5.32 Å². The summed E-state index contributed by atoms with van der Waals surface area (Å²) in [5, 5.41) is 4.75. The van der Waals surface area contributed by atoms with Crippen molar-refractivity contribution in [1.82, 2.24) is 5.32 Å². The third-order valence-corrected chi connectivity index (χ3v) is 4.00. The molecule has 120 valence electrons. The summed E-state index contributed by atoms with van der Waals surface area (Å²) in [7, 11) is 0. The molecular weight excluding hydrogens is 309 g/mol. The number of hydrogen-bond donors (Lipinski definition) is 1. The molecule has 0 saturated heterocycles. The van der Waals surface area contributed by atoms with E-state index in [2.05, 4.69) is 5.32 Å². The zero-order valence-electron chi connectivity index (χ0n) is 13.3. The molecule has 23 heavy (non-hydrogen) atoms. The fourth-order valence-corrected chi connectivity index (χ4v) is 2.87. The average molecular weight is 329 g/mol. The van der Waals surface area contributed by atoms with Gasteiger partial charge in [0.2, 0.25) is 5.91 Å². The average Bonchev–Trinajstić information content (AvgIpc) is 2.50. The summed E-state index contributed by atoms with van der Waals surface area (Å²) in [6.07, 6.45) is 2.17. The van der Waals surface area contributed by atoms with Gasteiger partial charge in [0.25, 0.3) is 0 Å². The molecule has 2 rings (SSSR count). The van der Waals surface area contributed by atoms with Crippen LogP contribution in [0.5, 0.6) is 0 Å². The zero-order valence-corrected chi connectivity index (χ0v) is 14.1. The Morgan fingerprint density at radius 2 is 1.78 bits per heavy atom. The van der Waals surface area contributed by atoms with Gasteiger partial charge < -0.3 is 5.32 Å². The molecule has 0 atom stereocenters. The summed E-state index contributed by atoms with van der Waals surface area (Å²) in [5.74, 6) is -0.392. The van der Waals surface area contributed by atoms with Crippen molar-refractivity contribution in [1.29, 1.82) is 0 Å². The molecule has 0 aliphatic carbocycles. The Morgan fingerprint density at radius 1 is 1.13 bits per heavy atom. The molecule has 0 radical (unpaired) electrons. The van der Waals surface area contributed by atoms with Crippen LogP contribution in [0.1, 0.15) is 19.4 Å². The Hall–Kier alpha value is -2.07. The molecule has 1 N–H and O–H groups in total.